The first-order chi connectivity index (χ1) is 9.54. The Morgan fingerprint density at radius 1 is 1.20 bits per heavy atom. The predicted molar refractivity (Wildman–Crippen MR) is 78.4 cm³/mol. The summed E-state index contributed by atoms with van der Waals surface area (Å²) in [7, 11) is 0. The van der Waals surface area contributed by atoms with Gasteiger partial charge in [0.2, 0.25) is 0 Å². The number of nitrogens with one attached hydrogen (secondary N) is 2. The lowest BCUT2D eigenvalue weighted by molar-refractivity contribution is 0.251. The fourth-order valence-electron chi connectivity index (χ4n) is 1.63. The molecule has 0 aliphatic carbocycles. The summed E-state index contributed by atoms with van der Waals surface area (Å²) in [6.07, 6.45) is 0. The van der Waals surface area contributed by atoms with Gasteiger partial charge < -0.3 is 10.6 Å². The fraction of sp³-hybridized carbons (Fsp3) is 0.133. The summed E-state index contributed by atoms with van der Waals surface area (Å²) in [5.41, 5.74) is 2.39. The highest BCUT2D eigenvalue weighted by Crippen LogP contribution is 2.19. The van der Waals surface area contributed by atoms with Gasteiger partial charge in [-0.1, -0.05) is 29.8 Å². The van der Waals surface area contributed by atoms with Crippen LogP contribution in [0.4, 0.5) is 14.9 Å². The second-order valence-corrected chi connectivity index (χ2v) is 4.81. The van der Waals surface area contributed by atoms with Gasteiger partial charge in [-0.2, -0.15) is 0 Å². The first kappa shape index (κ1) is 14.3. The van der Waals surface area contributed by atoms with Crippen molar-refractivity contribution < 1.29 is 9.18 Å². The van der Waals surface area contributed by atoms with Crippen molar-refractivity contribution in [3.63, 3.8) is 0 Å². The molecule has 0 fully saturated rings. The van der Waals surface area contributed by atoms with E-state index >= 15 is 0 Å². The molecule has 0 aliphatic heterocycles. The van der Waals surface area contributed by atoms with Crippen LogP contribution in [0.3, 0.4) is 0 Å². The van der Waals surface area contributed by atoms with Crippen molar-refractivity contribution >= 4 is 23.3 Å². The van der Waals surface area contributed by atoms with Gasteiger partial charge in [0.15, 0.2) is 0 Å². The summed E-state index contributed by atoms with van der Waals surface area (Å²) in [4.78, 5) is 11.7. The van der Waals surface area contributed by atoms with Gasteiger partial charge in [0, 0.05) is 17.3 Å². The van der Waals surface area contributed by atoms with Gasteiger partial charge in [0.05, 0.1) is 0 Å². The Morgan fingerprint density at radius 2 is 1.90 bits per heavy atom. The number of hydrogen-bond acceptors (Lipinski definition) is 1. The topological polar surface area (TPSA) is 41.1 Å². The molecule has 0 saturated heterocycles. The lowest BCUT2D eigenvalue weighted by Crippen LogP contribution is -2.28. The van der Waals surface area contributed by atoms with Gasteiger partial charge in [-0.25, -0.2) is 9.18 Å². The van der Waals surface area contributed by atoms with Gasteiger partial charge in [-0.05, 0) is 42.3 Å². The number of benzene rings is 2. The molecule has 2 amide bonds. The Hall–Kier alpha value is -2.07. The maximum Gasteiger partial charge on any atom is 0.319 e. The van der Waals surface area contributed by atoms with Crippen molar-refractivity contribution in [2.45, 2.75) is 13.5 Å². The van der Waals surface area contributed by atoms with Crippen LogP contribution < -0.4 is 10.6 Å². The molecule has 20 heavy (non-hydrogen) atoms. The highest BCUT2D eigenvalue weighted by Gasteiger charge is 2.03. The van der Waals surface area contributed by atoms with Crippen LogP contribution in [0.15, 0.2) is 42.5 Å². The van der Waals surface area contributed by atoms with Crippen LogP contribution in [0, 0.1) is 12.7 Å². The molecule has 104 valence electrons. The molecule has 0 unspecified atom stereocenters. The van der Waals surface area contributed by atoms with Crippen LogP contribution in [0.25, 0.3) is 0 Å². The molecule has 5 heteroatoms. The van der Waals surface area contributed by atoms with Crippen LogP contribution in [0.1, 0.15) is 11.1 Å². The van der Waals surface area contributed by atoms with Crippen LogP contribution in [0.5, 0.6) is 0 Å². The molecule has 3 nitrogen and oxygen atoms in total. The lowest BCUT2D eigenvalue weighted by Gasteiger charge is -2.08. The largest absolute Gasteiger partial charge is 0.334 e. The van der Waals surface area contributed by atoms with E-state index in [1.807, 2.05) is 13.0 Å². The van der Waals surface area contributed by atoms with Crippen LogP contribution in [-0.4, -0.2) is 6.03 Å². The number of rotatable bonds is 3. The van der Waals surface area contributed by atoms with Crippen molar-refractivity contribution in [2.75, 3.05) is 5.32 Å². The van der Waals surface area contributed by atoms with E-state index in [1.54, 1.807) is 24.3 Å². The SMILES string of the molecule is Cc1ccc(NC(=O)NCc2ccc(F)cc2)cc1Cl. The number of hydrogen-bond donors (Lipinski definition) is 2. The molecule has 2 N–H and O–H groups in total. The van der Waals surface area contributed by atoms with Gasteiger partial charge in [0.1, 0.15) is 5.82 Å². The molecule has 0 radical (unpaired) electrons. The lowest BCUT2D eigenvalue weighted by atomic mass is 10.2. The number of carbonyl (C=O) groups is 1. The normalized spacial score (nSPS) is 10.2. The van der Waals surface area contributed by atoms with Gasteiger partial charge >= 0.3 is 6.03 Å². The molecule has 0 saturated carbocycles. The van der Waals surface area contributed by atoms with E-state index in [9.17, 15) is 9.18 Å². The molecule has 0 aromatic heterocycles. The minimum Gasteiger partial charge on any atom is -0.334 e. The van der Waals surface area contributed by atoms with E-state index in [1.165, 1.54) is 12.1 Å². The summed E-state index contributed by atoms with van der Waals surface area (Å²) >= 11 is 5.98. The van der Waals surface area contributed by atoms with Crippen LogP contribution in [-0.2, 0) is 6.54 Å². The van der Waals surface area contributed by atoms with E-state index in [0.717, 1.165) is 11.1 Å². The van der Waals surface area contributed by atoms with E-state index in [2.05, 4.69) is 10.6 Å². The zero-order valence-electron chi connectivity index (χ0n) is 10.9. The van der Waals surface area contributed by atoms with Crippen molar-refractivity contribution in [1.82, 2.24) is 5.32 Å². The Balaban J connectivity index is 1.89. The second-order valence-electron chi connectivity index (χ2n) is 4.40. The van der Waals surface area contributed by atoms with Crippen molar-refractivity contribution in [2.24, 2.45) is 0 Å². The van der Waals surface area contributed by atoms with Crippen LogP contribution >= 0.6 is 11.6 Å². The fourth-order valence-corrected chi connectivity index (χ4v) is 1.81. The predicted octanol–water partition coefficient (Wildman–Crippen LogP) is 4.11. The number of carbonyl (C=O) groups excluding carboxylic acids is 1. The highest BCUT2D eigenvalue weighted by molar-refractivity contribution is 6.31. The summed E-state index contributed by atoms with van der Waals surface area (Å²) in [5.74, 6) is -0.299. The molecule has 0 atom stereocenters. The molecule has 0 aliphatic rings. The Labute approximate surface area is 121 Å². The number of aryl methyl sites for hydroxylation is 1. The second kappa shape index (κ2) is 6.39. The molecule has 2 aromatic rings. The third-order valence-corrected chi connectivity index (χ3v) is 3.20. The standard InChI is InChI=1S/C15H14ClFN2O/c1-10-2-7-13(8-14(10)16)19-15(20)18-9-11-3-5-12(17)6-4-11/h2-8H,9H2,1H3,(H2,18,19,20). The maximum absolute atomic E-state index is 12.7. The zero-order valence-corrected chi connectivity index (χ0v) is 11.7. The van der Waals surface area contributed by atoms with Gasteiger partial charge in [-0.15, -0.1) is 0 Å². The summed E-state index contributed by atoms with van der Waals surface area (Å²) in [5, 5.41) is 5.97. The number of amides is 2. The van der Waals surface area contributed by atoms with Gasteiger partial charge in [-0.3, -0.25) is 0 Å². The Kier molecular flexibility index (Phi) is 4.58. The minimum absolute atomic E-state index is 0.299. The summed E-state index contributed by atoms with van der Waals surface area (Å²) < 4.78 is 12.7. The highest BCUT2D eigenvalue weighted by atomic mass is 35.5. The van der Waals surface area contributed by atoms with Crippen LogP contribution in [0.2, 0.25) is 5.02 Å². The third kappa shape index (κ3) is 3.96. The number of halogens is 2. The molecule has 0 bridgehead atoms. The Morgan fingerprint density at radius 3 is 2.55 bits per heavy atom. The molecule has 2 rings (SSSR count). The number of anilines is 1. The molecular formula is C15H14ClFN2O. The average molecular weight is 293 g/mol. The van der Waals surface area contributed by atoms with E-state index in [4.69, 9.17) is 11.6 Å². The third-order valence-electron chi connectivity index (χ3n) is 2.80. The Bertz CT molecular complexity index is 614. The van der Waals surface area contributed by atoms with Crippen molar-refractivity contribution in [1.29, 1.82) is 0 Å². The van der Waals surface area contributed by atoms with E-state index in [-0.39, 0.29) is 11.8 Å². The number of urea groups is 1. The zero-order chi connectivity index (χ0) is 14.5. The molecular weight excluding hydrogens is 279 g/mol. The molecule has 2 aromatic carbocycles. The van der Waals surface area contributed by atoms with Crippen molar-refractivity contribution in [3.8, 4) is 0 Å². The van der Waals surface area contributed by atoms with E-state index < -0.39 is 0 Å². The monoisotopic (exact) mass is 292 g/mol. The summed E-state index contributed by atoms with van der Waals surface area (Å²) in [6, 6.07) is 10.9. The molecule has 0 spiro atoms. The summed E-state index contributed by atoms with van der Waals surface area (Å²) in [6.45, 7) is 2.21. The average Bonchev–Trinajstić information content (AvgIpc) is 2.42. The minimum atomic E-state index is -0.339. The maximum atomic E-state index is 12.7. The van der Waals surface area contributed by atoms with E-state index in [0.29, 0.717) is 17.3 Å². The smallest absolute Gasteiger partial charge is 0.319 e. The van der Waals surface area contributed by atoms with Crippen molar-refractivity contribution in [3.05, 3.63) is 64.4 Å². The first-order valence-electron chi connectivity index (χ1n) is 6.10. The van der Waals surface area contributed by atoms with Gasteiger partial charge in [0.25, 0.3) is 0 Å². The molecule has 0 heterocycles. The quantitative estimate of drug-likeness (QED) is 0.878. The first-order valence-corrected chi connectivity index (χ1v) is 6.48.